The highest BCUT2D eigenvalue weighted by molar-refractivity contribution is 7.10. The van der Waals surface area contributed by atoms with Crippen LogP contribution in [0.5, 0.6) is 0 Å². The Kier molecular flexibility index (Phi) is 4.74. The number of rotatable bonds is 6. The number of aromatic amines is 1. The van der Waals surface area contributed by atoms with Crippen molar-refractivity contribution in [3.05, 3.63) is 76.0 Å². The van der Waals surface area contributed by atoms with Crippen molar-refractivity contribution in [1.29, 1.82) is 0 Å². The largest absolute Gasteiger partial charge is 0.348 e. The van der Waals surface area contributed by atoms with Gasteiger partial charge in [0, 0.05) is 42.9 Å². The molecule has 0 bridgehead atoms. The van der Waals surface area contributed by atoms with Crippen LogP contribution in [0, 0.1) is 0 Å². The van der Waals surface area contributed by atoms with Crippen molar-refractivity contribution in [2.24, 2.45) is 0 Å². The predicted molar refractivity (Wildman–Crippen MR) is 97.9 cm³/mol. The first kappa shape index (κ1) is 15.6. The summed E-state index contributed by atoms with van der Waals surface area (Å²) in [5, 5.41) is 5.79. The number of imidazole rings is 1. The van der Waals surface area contributed by atoms with Gasteiger partial charge in [-0.1, -0.05) is 30.3 Å². The SMILES string of the molecule is c1ccc(C(CNCc2ncc[nH]2)N2CCc3sccc3C2)cc1. The molecule has 124 valence electrons. The first-order valence-corrected chi connectivity index (χ1v) is 9.31. The average Bonchev–Trinajstić information content (AvgIpc) is 3.30. The van der Waals surface area contributed by atoms with Crippen LogP contribution in [0.15, 0.2) is 54.2 Å². The fourth-order valence-corrected chi connectivity index (χ4v) is 4.28. The minimum atomic E-state index is 0.384. The van der Waals surface area contributed by atoms with E-state index in [9.17, 15) is 0 Å². The lowest BCUT2D eigenvalue weighted by atomic mass is 10.0. The first-order valence-electron chi connectivity index (χ1n) is 8.43. The van der Waals surface area contributed by atoms with E-state index in [-0.39, 0.29) is 0 Å². The number of aromatic nitrogens is 2. The molecule has 2 N–H and O–H groups in total. The molecule has 1 aromatic carbocycles. The van der Waals surface area contributed by atoms with Gasteiger partial charge in [0.25, 0.3) is 0 Å². The summed E-state index contributed by atoms with van der Waals surface area (Å²) in [4.78, 5) is 11.6. The number of fused-ring (bicyclic) bond motifs is 1. The molecule has 24 heavy (non-hydrogen) atoms. The lowest BCUT2D eigenvalue weighted by molar-refractivity contribution is 0.176. The molecule has 1 aliphatic rings. The molecule has 0 aliphatic carbocycles. The fraction of sp³-hybridized carbons (Fsp3) is 0.316. The van der Waals surface area contributed by atoms with Crippen molar-refractivity contribution in [3.63, 3.8) is 0 Å². The number of hydrogen-bond donors (Lipinski definition) is 2. The van der Waals surface area contributed by atoms with Gasteiger partial charge in [-0.25, -0.2) is 4.98 Å². The Morgan fingerprint density at radius 2 is 2.17 bits per heavy atom. The van der Waals surface area contributed by atoms with Gasteiger partial charge in [0.2, 0.25) is 0 Å². The van der Waals surface area contributed by atoms with Gasteiger partial charge in [-0.3, -0.25) is 4.90 Å². The number of nitrogens with zero attached hydrogens (tertiary/aromatic N) is 2. The second-order valence-electron chi connectivity index (χ2n) is 6.18. The molecular weight excluding hydrogens is 316 g/mol. The third-order valence-corrected chi connectivity index (χ3v) is 5.67. The molecular formula is C19H22N4S. The molecule has 4 rings (SSSR count). The van der Waals surface area contributed by atoms with Crippen LogP contribution in [-0.2, 0) is 19.5 Å². The number of hydrogen-bond acceptors (Lipinski definition) is 4. The summed E-state index contributed by atoms with van der Waals surface area (Å²) >= 11 is 1.90. The topological polar surface area (TPSA) is 44.0 Å². The molecule has 0 saturated carbocycles. The maximum Gasteiger partial charge on any atom is 0.120 e. The van der Waals surface area contributed by atoms with Crippen LogP contribution in [0.3, 0.4) is 0 Å². The van der Waals surface area contributed by atoms with Gasteiger partial charge < -0.3 is 10.3 Å². The Balaban J connectivity index is 1.48. The van der Waals surface area contributed by atoms with Crippen molar-refractivity contribution in [2.75, 3.05) is 13.1 Å². The summed E-state index contributed by atoms with van der Waals surface area (Å²) in [5.74, 6) is 0.987. The highest BCUT2D eigenvalue weighted by atomic mass is 32.1. The molecule has 0 saturated heterocycles. The number of benzene rings is 1. The van der Waals surface area contributed by atoms with E-state index >= 15 is 0 Å². The zero-order valence-electron chi connectivity index (χ0n) is 13.6. The standard InChI is InChI=1S/C19H22N4S/c1-2-4-15(5-3-1)17(12-20-13-19-21-8-9-22-19)23-10-6-18-16(14-23)7-11-24-18/h1-5,7-9,11,17,20H,6,10,12-14H2,(H,21,22). The Bertz CT molecular complexity index is 751. The van der Waals surface area contributed by atoms with Gasteiger partial charge in [-0.15, -0.1) is 11.3 Å². The van der Waals surface area contributed by atoms with Gasteiger partial charge in [0.15, 0.2) is 0 Å². The monoisotopic (exact) mass is 338 g/mol. The van der Waals surface area contributed by atoms with Crippen LogP contribution >= 0.6 is 11.3 Å². The maximum absolute atomic E-state index is 4.29. The second-order valence-corrected chi connectivity index (χ2v) is 7.18. The molecule has 4 nitrogen and oxygen atoms in total. The number of H-pyrrole nitrogens is 1. The Labute approximate surface area is 146 Å². The summed E-state index contributed by atoms with van der Waals surface area (Å²) in [7, 11) is 0. The average molecular weight is 338 g/mol. The zero-order chi connectivity index (χ0) is 16.2. The summed E-state index contributed by atoms with van der Waals surface area (Å²) in [6.07, 6.45) is 4.83. The van der Waals surface area contributed by atoms with Crippen molar-refractivity contribution < 1.29 is 0 Å². The molecule has 2 aromatic heterocycles. The molecule has 1 atom stereocenters. The van der Waals surface area contributed by atoms with Gasteiger partial charge in [0.1, 0.15) is 5.82 Å². The van der Waals surface area contributed by atoms with Crippen LogP contribution in [0.1, 0.15) is 27.9 Å². The normalized spacial score (nSPS) is 16.0. The van der Waals surface area contributed by atoms with E-state index in [4.69, 9.17) is 0 Å². The van der Waals surface area contributed by atoms with E-state index < -0.39 is 0 Å². The molecule has 3 aromatic rings. The summed E-state index contributed by atoms with van der Waals surface area (Å²) in [6, 6.07) is 13.5. The smallest absolute Gasteiger partial charge is 0.120 e. The molecule has 0 fully saturated rings. The molecule has 0 radical (unpaired) electrons. The number of nitrogens with one attached hydrogen (secondary N) is 2. The third kappa shape index (κ3) is 3.43. The lowest BCUT2D eigenvalue weighted by Gasteiger charge is -2.35. The molecule has 1 aliphatic heterocycles. The van der Waals surface area contributed by atoms with E-state index in [2.05, 4.69) is 62.0 Å². The van der Waals surface area contributed by atoms with E-state index in [0.29, 0.717) is 6.04 Å². The third-order valence-electron chi connectivity index (χ3n) is 4.65. The summed E-state index contributed by atoms with van der Waals surface area (Å²) < 4.78 is 0. The predicted octanol–water partition coefficient (Wildman–Crippen LogP) is 3.36. The van der Waals surface area contributed by atoms with Crippen LogP contribution in [0.25, 0.3) is 0 Å². The molecule has 0 spiro atoms. The van der Waals surface area contributed by atoms with E-state index in [1.807, 2.05) is 17.5 Å². The highest BCUT2D eigenvalue weighted by Crippen LogP contribution is 2.30. The summed E-state index contributed by atoms with van der Waals surface area (Å²) in [5.41, 5.74) is 2.88. The lowest BCUT2D eigenvalue weighted by Crippen LogP contribution is -2.38. The fourth-order valence-electron chi connectivity index (χ4n) is 3.39. The van der Waals surface area contributed by atoms with E-state index in [0.717, 1.165) is 38.4 Å². The van der Waals surface area contributed by atoms with Gasteiger partial charge in [-0.05, 0) is 29.0 Å². The van der Waals surface area contributed by atoms with Crippen LogP contribution < -0.4 is 5.32 Å². The van der Waals surface area contributed by atoms with E-state index in [1.165, 1.54) is 11.1 Å². The van der Waals surface area contributed by atoms with Crippen molar-refractivity contribution in [1.82, 2.24) is 20.2 Å². The van der Waals surface area contributed by atoms with Crippen LogP contribution in [0.4, 0.5) is 0 Å². The Morgan fingerprint density at radius 3 is 3.00 bits per heavy atom. The molecule has 1 unspecified atom stereocenters. The van der Waals surface area contributed by atoms with Gasteiger partial charge in [-0.2, -0.15) is 0 Å². The number of thiophene rings is 1. The van der Waals surface area contributed by atoms with Crippen LogP contribution in [-0.4, -0.2) is 28.0 Å². The van der Waals surface area contributed by atoms with E-state index in [1.54, 1.807) is 11.1 Å². The Morgan fingerprint density at radius 1 is 1.25 bits per heavy atom. The van der Waals surface area contributed by atoms with Crippen molar-refractivity contribution in [2.45, 2.75) is 25.6 Å². The highest BCUT2D eigenvalue weighted by Gasteiger charge is 2.25. The van der Waals surface area contributed by atoms with Crippen LogP contribution in [0.2, 0.25) is 0 Å². The van der Waals surface area contributed by atoms with Crippen molar-refractivity contribution in [3.8, 4) is 0 Å². The first-order chi connectivity index (χ1) is 11.9. The van der Waals surface area contributed by atoms with Crippen molar-refractivity contribution >= 4 is 11.3 Å². The second kappa shape index (κ2) is 7.30. The zero-order valence-corrected chi connectivity index (χ0v) is 14.4. The minimum Gasteiger partial charge on any atom is -0.348 e. The minimum absolute atomic E-state index is 0.384. The quantitative estimate of drug-likeness (QED) is 0.724. The Hall–Kier alpha value is -1.95. The molecule has 3 heterocycles. The molecule has 5 heteroatoms. The molecule has 0 amide bonds. The van der Waals surface area contributed by atoms with Gasteiger partial charge >= 0.3 is 0 Å². The maximum atomic E-state index is 4.29. The summed E-state index contributed by atoms with van der Waals surface area (Å²) in [6.45, 7) is 3.86. The van der Waals surface area contributed by atoms with Gasteiger partial charge in [0.05, 0.1) is 6.54 Å².